The van der Waals surface area contributed by atoms with Crippen LogP contribution in [-0.4, -0.2) is 22.7 Å². The van der Waals surface area contributed by atoms with Crippen LogP contribution in [-0.2, 0) is 6.42 Å². The number of aliphatic hydroxyl groups is 1. The maximum absolute atomic E-state index is 8.64. The Bertz CT molecular complexity index is 228. The van der Waals surface area contributed by atoms with Crippen LogP contribution < -0.4 is 5.73 Å². The van der Waals surface area contributed by atoms with Gasteiger partial charge in [-0.15, -0.1) is 11.3 Å². The Labute approximate surface area is 77.4 Å². The molecule has 0 saturated heterocycles. The maximum atomic E-state index is 8.64. The van der Waals surface area contributed by atoms with Crippen LogP contribution >= 0.6 is 27.3 Å². The van der Waals surface area contributed by atoms with Crippen molar-refractivity contribution in [1.29, 1.82) is 0 Å². The molecule has 1 aromatic rings. The van der Waals surface area contributed by atoms with Crippen molar-refractivity contribution < 1.29 is 5.11 Å². The van der Waals surface area contributed by atoms with E-state index in [0.29, 0.717) is 6.42 Å². The second-order valence-corrected chi connectivity index (χ2v) is 4.70. The molecule has 0 radical (unpaired) electrons. The van der Waals surface area contributed by atoms with Gasteiger partial charge in [0.25, 0.3) is 0 Å². The lowest BCUT2D eigenvalue weighted by Crippen LogP contribution is -2.26. The number of nitrogens with two attached hydrogens (primary N) is 1. The van der Waals surface area contributed by atoms with Crippen LogP contribution in [0.2, 0.25) is 0 Å². The Morgan fingerprint density at radius 2 is 2.55 bits per heavy atom. The van der Waals surface area contributed by atoms with Crippen LogP contribution in [0.5, 0.6) is 0 Å². The van der Waals surface area contributed by atoms with Gasteiger partial charge in [0.15, 0.2) is 0 Å². The summed E-state index contributed by atoms with van der Waals surface area (Å²) in [5.74, 6) is 0. The Hall–Kier alpha value is 0.0300. The Morgan fingerprint density at radius 3 is 3.00 bits per heavy atom. The summed E-state index contributed by atoms with van der Waals surface area (Å²) in [5.41, 5.74) is 5.52. The zero-order chi connectivity index (χ0) is 8.27. The first kappa shape index (κ1) is 9.12. The van der Waals surface area contributed by atoms with Gasteiger partial charge in [-0.25, -0.2) is 4.98 Å². The van der Waals surface area contributed by atoms with Crippen LogP contribution in [0.25, 0.3) is 0 Å². The molecule has 0 aromatic carbocycles. The second-order valence-electron chi connectivity index (χ2n) is 2.20. The summed E-state index contributed by atoms with van der Waals surface area (Å²) >= 11 is 4.84. The molecule has 11 heavy (non-hydrogen) atoms. The van der Waals surface area contributed by atoms with Gasteiger partial charge in [0.05, 0.1) is 21.6 Å². The number of halogens is 1. The van der Waals surface area contributed by atoms with E-state index < -0.39 is 0 Å². The fourth-order valence-corrected chi connectivity index (χ4v) is 2.07. The summed E-state index contributed by atoms with van der Waals surface area (Å²) in [7, 11) is 0. The normalized spacial score (nSPS) is 13.4. The van der Waals surface area contributed by atoms with Crippen LogP contribution in [0.3, 0.4) is 0 Å². The molecule has 0 aliphatic heterocycles. The van der Waals surface area contributed by atoms with Crippen molar-refractivity contribution in [3.05, 3.63) is 15.0 Å². The molecule has 0 bridgehead atoms. The predicted molar refractivity (Wildman–Crippen MR) is 48.6 cm³/mol. The minimum absolute atomic E-state index is 0.0111. The quantitative estimate of drug-likeness (QED) is 0.816. The van der Waals surface area contributed by atoms with Crippen molar-refractivity contribution in [2.75, 3.05) is 6.61 Å². The van der Waals surface area contributed by atoms with Gasteiger partial charge in [0, 0.05) is 12.5 Å². The molecule has 0 aliphatic rings. The molecular formula is C6H9BrN2OS. The van der Waals surface area contributed by atoms with Crippen molar-refractivity contribution in [1.82, 2.24) is 4.98 Å². The van der Waals surface area contributed by atoms with Gasteiger partial charge in [0.2, 0.25) is 0 Å². The van der Waals surface area contributed by atoms with Crippen LogP contribution in [0.4, 0.5) is 0 Å². The Balaban J connectivity index is 2.50. The van der Waals surface area contributed by atoms with Gasteiger partial charge >= 0.3 is 0 Å². The number of aromatic nitrogens is 1. The van der Waals surface area contributed by atoms with E-state index >= 15 is 0 Å². The van der Waals surface area contributed by atoms with E-state index in [-0.39, 0.29) is 12.6 Å². The zero-order valence-electron chi connectivity index (χ0n) is 5.83. The predicted octanol–water partition coefficient (Wildman–Crippen LogP) is 0.768. The highest BCUT2D eigenvalue weighted by Gasteiger charge is 2.05. The minimum Gasteiger partial charge on any atom is -0.395 e. The van der Waals surface area contributed by atoms with Gasteiger partial charge < -0.3 is 10.8 Å². The van der Waals surface area contributed by atoms with E-state index in [2.05, 4.69) is 20.9 Å². The van der Waals surface area contributed by atoms with Crippen molar-refractivity contribution in [2.45, 2.75) is 12.5 Å². The van der Waals surface area contributed by atoms with E-state index in [9.17, 15) is 0 Å². The Kier molecular flexibility index (Phi) is 3.45. The van der Waals surface area contributed by atoms with Crippen molar-refractivity contribution >= 4 is 27.3 Å². The molecule has 1 aromatic heterocycles. The lowest BCUT2D eigenvalue weighted by Gasteiger charge is -2.02. The molecule has 1 heterocycles. The third kappa shape index (κ3) is 2.86. The van der Waals surface area contributed by atoms with Gasteiger partial charge in [0.1, 0.15) is 0 Å². The molecule has 0 fully saturated rings. The molecule has 1 unspecified atom stereocenters. The highest BCUT2D eigenvalue weighted by molar-refractivity contribution is 9.11. The summed E-state index contributed by atoms with van der Waals surface area (Å²) in [6, 6.07) is -0.187. The number of hydrogen-bond acceptors (Lipinski definition) is 4. The average molecular weight is 237 g/mol. The molecule has 1 atom stereocenters. The first-order valence-corrected chi connectivity index (χ1v) is 4.80. The lowest BCUT2D eigenvalue weighted by atomic mass is 10.2. The molecule has 62 valence electrons. The lowest BCUT2D eigenvalue weighted by molar-refractivity contribution is 0.265. The van der Waals surface area contributed by atoms with Crippen molar-refractivity contribution in [3.63, 3.8) is 0 Å². The second kappa shape index (κ2) is 4.15. The van der Waals surface area contributed by atoms with Crippen LogP contribution in [0.15, 0.2) is 9.98 Å². The maximum Gasteiger partial charge on any atom is 0.0953 e. The molecule has 0 aliphatic carbocycles. The first-order chi connectivity index (χ1) is 5.22. The number of thiazole rings is 1. The fourth-order valence-electron chi connectivity index (χ4n) is 0.671. The third-order valence-electron chi connectivity index (χ3n) is 1.20. The zero-order valence-corrected chi connectivity index (χ0v) is 8.23. The van der Waals surface area contributed by atoms with Gasteiger partial charge in [-0.05, 0) is 15.9 Å². The van der Waals surface area contributed by atoms with Crippen LogP contribution in [0, 0.1) is 0 Å². The highest BCUT2D eigenvalue weighted by Crippen LogP contribution is 2.19. The molecule has 0 amide bonds. The molecule has 5 heteroatoms. The largest absolute Gasteiger partial charge is 0.395 e. The monoisotopic (exact) mass is 236 g/mol. The summed E-state index contributed by atoms with van der Waals surface area (Å²) in [4.78, 5) is 4.08. The van der Waals surface area contributed by atoms with E-state index in [1.54, 1.807) is 17.5 Å². The average Bonchev–Trinajstić information content (AvgIpc) is 2.35. The minimum atomic E-state index is -0.187. The molecule has 0 spiro atoms. The fraction of sp³-hybridized carbons (Fsp3) is 0.500. The smallest absolute Gasteiger partial charge is 0.0953 e. The van der Waals surface area contributed by atoms with E-state index in [0.717, 1.165) is 8.79 Å². The van der Waals surface area contributed by atoms with E-state index in [4.69, 9.17) is 10.8 Å². The van der Waals surface area contributed by atoms with Crippen LogP contribution in [0.1, 0.15) is 5.01 Å². The van der Waals surface area contributed by atoms with E-state index in [1.807, 2.05) is 0 Å². The summed E-state index contributed by atoms with van der Waals surface area (Å²) < 4.78 is 0.998. The SMILES string of the molecule is NC(CO)Cc1ncc(Br)s1. The van der Waals surface area contributed by atoms with E-state index in [1.165, 1.54) is 0 Å². The number of rotatable bonds is 3. The van der Waals surface area contributed by atoms with Gasteiger partial charge in [-0.1, -0.05) is 0 Å². The molecule has 0 saturated carbocycles. The summed E-state index contributed by atoms with van der Waals surface area (Å²) in [5, 5.41) is 9.60. The summed E-state index contributed by atoms with van der Waals surface area (Å²) in [6.45, 7) is 0.0111. The number of hydrogen-bond donors (Lipinski definition) is 2. The topological polar surface area (TPSA) is 59.1 Å². The highest BCUT2D eigenvalue weighted by atomic mass is 79.9. The number of aliphatic hydroxyl groups excluding tert-OH is 1. The summed E-state index contributed by atoms with van der Waals surface area (Å²) in [6.07, 6.45) is 2.39. The van der Waals surface area contributed by atoms with Crippen molar-refractivity contribution in [3.8, 4) is 0 Å². The van der Waals surface area contributed by atoms with Crippen molar-refractivity contribution in [2.24, 2.45) is 5.73 Å². The third-order valence-corrected chi connectivity index (χ3v) is 2.70. The molecule has 3 nitrogen and oxygen atoms in total. The molecule has 1 rings (SSSR count). The number of nitrogens with zero attached hydrogens (tertiary/aromatic N) is 1. The Morgan fingerprint density at radius 1 is 1.82 bits per heavy atom. The first-order valence-electron chi connectivity index (χ1n) is 3.19. The molecule has 3 N–H and O–H groups in total. The van der Waals surface area contributed by atoms with Gasteiger partial charge in [-0.2, -0.15) is 0 Å². The molecular weight excluding hydrogens is 228 g/mol. The van der Waals surface area contributed by atoms with Gasteiger partial charge in [-0.3, -0.25) is 0 Å². The standard InChI is InChI=1S/C6H9BrN2OS/c7-5-2-9-6(11-5)1-4(8)3-10/h2,4,10H,1,3,8H2.